The van der Waals surface area contributed by atoms with Gasteiger partial charge in [-0.15, -0.1) is 0 Å². The van der Waals surface area contributed by atoms with Gasteiger partial charge in [-0.3, -0.25) is 19.0 Å². The summed E-state index contributed by atoms with van der Waals surface area (Å²) in [6, 6.07) is 13.3. The predicted molar refractivity (Wildman–Crippen MR) is 133 cm³/mol. The number of carbonyl (C=O) groups excluding carboxylic acids is 2. The van der Waals surface area contributed by atoms with Crippen LogP contribution < -0.4 is 5.56 Å². The molecule has 3 aromatic rings. The zero-order valence-corrected chi connectivity index (χ0v) is 20.6. The molecular formula is C26H29N3O4S. The third-order valence-corrected chi connectivity index (χ3v) is 7.34. The first-order valence-electron chi connectivity index (χ1n) is 11.5. The molecule has 0 spiro atoms. The Bertz CT molecular complexity index is 1260. The lowest BCUT2D eigenvalue weighted by atomic mass is 9.96. The van der Waals surface area contributed by atoms with Gasteiger partial charge in [0.25, 0.3) is 11.5 Å². The lowest BCUT2D eigenvalue weighted by molar-refractivity contribution is -0.149. The van der Waals surface area contributed by atoms with Crippen LogP contribution in [0.4, 0.5) is 0 Å². The van der Waals surface area contributed by atoms with Crippen LogP contribution in [0.2, 0.25) is 0 Å². The Hall–Kier alpha value is -3.13. The Kier molecular flexibility index (Phi) is 7.36. The van der Waals surface area contributed by atoms with Gasteiger partial charge >= 0.3 is 5.97 Å². The van der Waals surface area contributed by atoms with Crippen LogP contribution in [0.25, 0.3) is 10.9 Å². The number of benzene rings is 2. The molecular weight excluding hydrogens is 450 g/mol. The van der Waals surface area contributed by atoms with Gasteiger partial charge in [0.05, 0.1) is 23.4 Å². The molecule has 0 atom stereocenters. The summed E-state index contributed by atoms with van der Waals surface area (Å²) >= 11 is 1.50. The first-order valence-corrected chi connectivity index (χ1v) is 12.5. The van der Waals surface area contributed by atoms with Crippen molar-refractivity contribution in [2.45, 2.75) is 37.6 Å². The first kappa shape index (κ1) is 24.0. The van der Waals surface area contributed by atoms with Crippen LogP contribution in [-0.4, -0.2) is 46.0 Å². The molecule has 1 aliphatic rings. The van der Waals surface area contributed by atoms with Crippen LogP contribution in [-0.2, 0) is 22.3 Å². The van der Waals surface area contributed by atoms with Crippen molar-refractivity contribution in [3.8, 4) is 0 Å². The van der Waals surface area contributed by atoms with Crippen molar-refractivity contribution in [2.24, 2.45) is 13.0 Å². The van der Waals surface area contributed by atoms with Gasteiger partial charge < -0.3 is 9.64 Å². The van der Waals surface area contributed by atoms with Crippen LogP contribution in [0.1, 0.15) is 41.3 Å². The molecule has 1 fully saturated rings. The van der Waals surface area contributed by atoms with Crippen LogP contribution in [0.3, 0.4) is 0 Å². The van der Waals surface area contributed by atoms with E-state index in [-0.39, 0.29) is 23.4 Å². The number of fused-ring (bicyclic) bond motifs is 1. The molecule has 1 amide bonds. The summed E-state index contributed by atoms with van der Waals surface area (Å²) in [4.78, 5) is 44.1. The highest BCUT2D eigenvalue weighted by Gasteiger charge is 2.28. The maximum absolute atomic E-state index is 12.9. The van der Waals surface area contributed by atoms with E-state index in [1.54, 1.807) is 23.4 Å². The zero-order valence-electron chi connectivity index (χ0n) is 19.7. The zero-order chi connectivity index (χ0) is 24.2. The monoisotopic (exact) mass is 479 g/mol. The molecule has 2 heterocycles. The fraction of sp³-hybridized carbons (Fsp3) is 0.385. The second-order valence-electron chi connectivity index (χ2n) is 8.53. The van der Waals surface area contributed by atoms with Crippen LogP contribution in [0, 0.1) is 12.8 Å². The standard InChI is InChI=1S/C26H29N3O4S/c1-4-33-25(32)20-12-14-29(15-13-20)23(30)19-10-8-18(9-11-19)16-34-26-27-21-7-5-6-17(2)22(21)24(31)28(26)3/h5-11,20H,4,12-16H2,1-3H3. The van der Waals surface area contributed by atoms with E-state index in [2.05, 4.69) is 4.98 Å². The largest absolute Gasteiger partial charge is 0.466 e. The minimum Gasteiger partial charge on any atom is -0.466 e. The SMILES string of the molecule is CCOC(=O)C1CCN(C(=O)c2ccc(CSc3nc4cccc(C)c4c(=O)n3C)cc2)CC1. The number of piperidine rings is 1. The van der Waals surface area contributed by atoms with E-state index >= 15 is 0 Å². The summed E-state index contributed by atoms with van der Waals surface area (Å²) in [5, 5.41) is 1.32. The van der Waals surface area contributed by atoms with Gasteiger partial charge in [-0.2, -0.15) is 0 Å². The van der Waals surface area contributed by atoms with E-state index in [0.717, 1.165) is 11.1 Å². The number of rotatable bonds is 6. The minimum absolute atomic E-state index is 0.0181. The molecule has 1 saturated heterocycles. The van der Waals surface area contributed by atoms with Gasteiger partial charge in [0.2, 0.25) is 0 Å². The molecule has 0 saturated carbocycles. The molecule has 8 heteroatoms. The van der Waals surface area contributed by atoms with Gasteiger partial charge in [-0.25, -0.2) is 4.98 Å². The molecule has 1 aromatic heterocycles. The average Bonchev–Trinajstić information content (AvgIpc) is 2.85. The Morgan fingerprint density at radius 1 is 1.12 bits per heavy atom. The number of hydrogen-bond donors (Lipinski definition) is 0. The van der Waals surface area contributed by atoms with E-state index in [0.29, 0.717) is 59.9 Å². The van der Waals surface area contributed by atoms with Crippen molar-refractivity contribution >= 4 is 34.5 Å². The minimum atomic E-state index is -0.162. The lowest BCUT2D eigenvalue weighted by Gasteiger charge is -2.31. The van der Waals surface area contributed by atoms with Crippen molar-refractivity contribution in [3.05, 3.63) is 69.5 Å². The Morgan fingerprint density at radius 2 is 1.82 bits per heavy atom. The molecule has 0 N–H and O–H groups in total. The number of aryl methyl sites for hydroxylation is 1. The van der Waals surface area contributed by atoms with Crippen molar-refractivity contribution < 1.29 is 14.3 Å². The van der Waals surface area contributed by atoms with E-state index in [4.69, 9.17) is 4.74 Å². The molecule has 0 bridgehead atoms. The predicted octanol–water partition coefficient (Wildman–Crippen LogP) is 3.95. The second kappa shape index (κ2) is 10.4. The van der Waals surface area contributed by atoms with E-state index < -0.39 is 0 Å². The fourth-order valence-corrected chi connectivity index (χ4v) is 5.17. The topological polar surface area (TPSA) is 81.5 Å². The van der Waals surface area contributed by atoms with Gasteiger partial charge in [0.15, 0.2) is 5.16 Å². The molecule has 4 rings (SSSR count). The molecule has 34 heavy (non-hydrogen) atoms. The number of hydrogen-bond acceptors (Lipinski definition) is 6. The van der Waals surface area contributed by atoms with Crippen molar-refractivity contribution in [1.29, 1.82) is 0 Å². The fourth-order valence-electron chi connectivity index (χ4n) is 4.24. The normalized spacial score (nSPS) is 14.4. The molecule has 2 aromatic carbocycles. The van der Waals surface area contributed by atoms with Gasteiger partial charge in [0, 0.05) is 31.5 Å². The third-order valence-electron chi connectivity index (χ3n) is 6.24. The van der Waals surface area contributed by atoms with Crippen LogP contribution in [0.15, 0.2) is 52.4 Å². The molecule has 178 valence electrons. The number of aromatic nitrogens is 2. The molecule has 7 nitrogen and oxygen atoms in total. The van der Waals surface area contributed by atoms with Crippen molar-refractivity contribution in [1.82, 2.24) is 14.5 Å². The third kappa shape index (κ3) is 5.01. The highest BCUT2D eigenvalue weighted by Crippen LogP contribution is 2.24. The number of esters is 1. The van der Waals surface area contributed by atoms with Crippen molar-refractivity contribution in [3.63, 3.8) is 0 Å². The van der Waals surface area contributed by atoms with Gasteiger partial charge in [-0.1, -0.05) is 36.0 Å². The molecule has 0 aliphatic carbocycles. The van der Waals surface area contributed by atoms with E-state index in [9.17, 15) is 14.4 Å². The Balaban J connectivity index is 1.38. The summed E-state index contributed by atoms with van der Waals surface area (Å²) in [7, 11) is 1.75. The number of likely N-dealkylation sites (tertiary alicyclic amines) is 1. The molecule has 0 unspecified atom stereocenters. The van der Waals surface area contributed by atoms with Crippen LogP contribution >= 0.6 is 11.8 Å². The van der Waals surface area contributed by atoms with E-state index in [1.807, 2.05) is 49.4 Å². The average molecular weight is 480 g/mol. The summed E-state index contributed by atoms with van der Waals surface area (Å²) < 4.78 is 6.70. The number of amides is 1. The van der Waals surface area contributed by atoms with Gasteiger partial charge in [-0.05, 0) is 56.0 Å². The second-order valence-corrected chi connectivity index (χ2v) is 9.47. The highest BCUT2D eigenvalue weighted by molar-refractivity contribution is 7.98. The smallest absolute Gasteiger partial charge is 0.309 e. The maximum atomic E-state index is 12.9. The first-order chi connectivity index (χ1) is 16.4. The number of ether oxygens (including phenoxy) is 1. The van der Waals surface area contributed by atoms with Crippen LogP contribution in [0.5, 0.6) is 0 Å². The Labute approximate surface area is 203 Å². The number of nitrogens with zero attached hydrogens (tertiary/aromatic N) is 3. The molecule has 0 radical (unpaired) electrons. The quantitative estimate of drug-likeness (QED) is 0.303. The molecule has 1 aliphatic heterocycles. The van der Waals surface area contributed by atoms with Gasteiger partial charge in [0.1, 0.15) is 0 Å². The summed E-state index contributed by atoms with van der Waals surface area (Å²) in [5.41, 5.74) is 3.26. The maximum Gasteiger partial charge on any atom is 0.309 e. The summed E-state index contributed by atoms with van der Waals surface area (Å²) in [6.45, 7) is 5.22. The lowest BCUT2D eigenvalue weighted by Crippen LogP contribution is -2.40. The van der Waals surface area contributed by atoms with E-state index in [1.165, 1.54) is 11.8 Å². The number of carbonyl (C=O) groups is 2. The highest BCUT2D eigenvalue weighted by atomic mass is 32.2. The summed E-state index contributed by atoms with van der Waals surface area (Å²) in [5.74, 6) is 0.337. The summed E-state index contributed by atoms with van der Waals surface area (Å²) in [6.07, 6.45) is 1.27. The Morgan fingerprint density at radius 3 is 2.50 bits per heavy atom. The van der Waals surface area contributed by atoms with Crippen molar-refractivity contribution in [2.75, 3.05) is 19.7 Å². The number of thioether (sulfide) groups is 1.